The Balaban J connectivity index is 1.71. The minimum atomic E-state index is -0.745. The van der Waals surface area contributed by atoms with Crippen LogP contribution in [0, 0.1) is 0 Å². The van der Waals surface area contributed by atoms with E-state index in [-0.39, 0.29) is 30.9 Å². The number of amides is 2. The van der Waals surface area contributed by atoms with Gasteiger partial charge in [-0.3, -0.25) is 9.59 Å². The van der Waals surface area contributed by atoms with Crippen molar-refractivity contribution in [2.45, 2.75) is 70.5 Å². The molecule has 2 aromatic rings. The maximum absolute atomic E-state index is 14.1. The van der Waals surface area contributed by atoms with E-state index in [1.54, 1.807) is 12.0 Å². The van der Waals surface area contributed by atoms with E-state index in [0.29, 0.717) is 23.1 Å². The fraction of sp³-hybridized carbons (Fsp3) is 0.500. The highest BCUT2D eigenvalue weighted by Gasteiger charge is 2.43. The lowest BCUT2D eigenvalue weighted by Crippen LogP contribution is -2.57. The normalized spacial score (nSPS) is 19.6. The first kappa shape index (κ1) is 25.4. The standard InChI is InChI=1S/C28H35ClN2O4/c1-3-16-35-24-15-14-20(17-25(24)34-2)27-28(33)30(22-11-6-4-5-7-12-22)19-26(32)31(27)18-21-10-8-9-13-23(21)29/h8-10,13-15,17,22,27H,3-7,11-12,16,18-19H2,1-2H3. The lowest BCUT2D eigenvalue weighted by Gasteiger charge is -2.43. The second-order valence-corrected chi connectivity index (χ2v) is 9.79. The highest BCUT2D eigenvalue weighted by molar-refractivity contribution is 6.31. The van der Waals surface area contributed by atoms with Gasteiger partial charge in [0.25, 0.3) is 5.91 Å². The predicted molar refractivity (Wildman–Crippen MR) is 137 cm³/mol. The van der Waals surface area contributed by atoms with E-state index >= 15 is 0 Å². The van der Waals surface area contributed by atoms with Crippen molar-refractivity contribution in [2.75, 3.05) is 20.3 Å². The number of hydrogen-bond donors (Lipinski definition) is 0. The highest BCUT2D eigenvalue weighted by atomic mass is 35.5. The van der Waals surface area contributed by atoms with Crippen LogP contribution in [0.1, 0.15) is 69.0 Å². The summed E-state index contributed by atoms with van der Waals surface area (Å²) in [7, 11) is 1.59. The number of nitrogens with zero attached hydrogens (tertiary/aromatic N) is 2. The Morgan fingerprint density at radius 2 is 1.74 bits per heavy atom. The Hall–Kier alpha value is -2.73. The van der Waals surface area contributed by atoms with Gasteiger partial charge in [0.15, 0.2) is 11.5 Å². The Bertz CT molecular complexity index is 1040. The molecule has 1 unspecified atom stereocenters. The van der Waals surface area contributed by atoms with Crippen LogP contribution in [0.3, 0.4) is 0 Å². The molecule has 6 nitrogen and oxygen atoms in total. The van der Waals surface area contributed by atoms with Crippen LogP contribution in [-0.2, 0) is 16.1 Å². The van der Waals surface area contributed by atoms with Crippen LogP contribution in [0.2, 0.25) is 5.02 Å². The van der Waals surface area contributed by atoms with Crippen LogP contribution in [0.5, 0.6) is 11.5 Å². The first-order chi connectivity index (χ1) is 17.0. The Morgan fingerprint density at radius 3 is 2.43 bits per heavy atom. The van der Waals surface area contributed by atoms with Gasteiger partial charge in [-0.2, -0.15) is 0 Å². The molecule has 0 bridgehead atoms. The van der Waals surface area contributed by atoms with E-state index < -0.39 is 6.04 Å². The highest BCUT2D eigenvalue weighted by Crippen LogP contribution is 2.37. The SMILES string of the molecule is CCCOc1ccc(C2C(=O)N(C3CCCCCC3)CC(=O)N2Cc2ccccc2Cl)cc1OC. The lowest BCUT2D eigenvalue weighted by molar-refractivity contribution is -0.159. The number of methoxy groups -OCH3 is 1. The lowest BCUT2D eigenvalue weighted by atomic mass is 9.96. The third kappa shape index (κ3) is 5.75. The third-order valence-electron chi connectivity index (χ3n) is 6.98. The molecule has 2 fully saturated rings. The van der Waals surface area contributed by atoms with Gasteiger partial charge in [-0.25, -0.2) is 0 Å². The van der Waals surface area contributed by atoms with Crippen molar-refractivity contribution in [3.63, 3.8) is 0 Å². The van der Waals surface area contributed by atoms with Crippen molar-refractivity contribution in [1.29, 1.82) is 0 Å². The Labute approximate surface area is 213 Å². The number of halogens is 1. The number of carbonyl (C=O) groups excluding carboxylic acids is 2. The zero-order valence-electron chi connectivity index (χ0n) is 20.7. The first-order valence-electron chi connectivity index (χ1n) is 12.7. The van der Waals surface area contributed by atoms with Gasteiger partial charge in [-0.1, -0.05) is 68.5 Å². The summed E-state index contributed by atoms with van der Waals surface area (Å²) in [6, 6.07) is 12.4. The van der Waals surface area contributed by atoms with Crippen LogP contribution in [0.25, 0.3) is 0 Å². The minimum absolute atomic E-state index is 0.0344. The molecule has 1 heterocycles. The molecule has 1 saturated heterocycles. The summed E-state index contributed by atoms with van der Waals surface area (Å²) in [6.07, 6.45) is 7.33. The van der Waals surface area contributed by atoms with Gasteiger partial charge in [0, 0.05) is 17.6 Å². The molecule has 4 rings (SSSR count). The van der Waals surface area contributed by atoms with Crippen molar-refractivity contribution in [3.05, 3.63) is 58.6 Å². The van der Waals surface area contributed by atoms with Crippen LogP contribution in [-0.4, -0.2) is 47.9 Å². The molecular weight excluding hydrogens is 464 g/mol. The zero-order chi connectivity index (χ0) is 24.8. The molecule has 7 heteroatoms. The number of rotatable bonds is 8. The first-order valence-corrected chi connectivity index (χ1v) is 13.0. The largest absolute Gasteiger partial charge is 0.493 e. The zero-order valence-corrected chi connectivity index (χ0v) is 21.4. The second-order valence-electron chi connectivity index (χ2n) is 9.39. The van der Waals surface area contributed by atoms with Crippen molar-refractivity contribution in [2.24, 2.45) is 0 Å². The van der Waals surface area contributed by atoms with Gasteiger partial charge in [0.1, 0.15) is 12.6 Å². The third-order valence-corrected chi connectivity index (χ3v) is 7.35. The van der Waals surface area contributed by atoms with Gasteiger partial charge in [-0.05, 0) is 48.6 Å². The predicted octanol–water partition coefficient (Wildman–Crippen LogP) is 5.77. The molecule has 35 heavy (non-hydrogen) atoms. The monoisotopic (exact) mass is 498 g/mol. The number of piperazine rings is 1. The van der Waals surface area contributed by atoms with Crippen molar-refractivity contribution in [3.8, 4) is 11.5 Å². The molecule has 0 aromatic heterocycles. The fourth-order valence-electron chi connectivity index (χ4n) is 5.13. The molecular formula is C28H35ClN2O4. The number of benzene rings is 2. The average molecular weight is 499 g/mol. The molecule has 1 atom stereocenters. The van der Waals surface area contributed by atoms with E-state index in [1.807, 2.05) is 54.3 Å². The fourth-order valence-corrected chi connectivity index (χ4v) is 5.32. The molecule has 2 aromatic carbocycles. The molecule has 1 aliphatic heterocycles. The van der Waals surface area contributed by atoms with Crippen LogP contribution in [0.4, 0.5) is 0 Å². The molecule has 2 amide bonds. The molecule has 0 N–H and O–H groups in total. The van der Waals surface area contributed by atoms with E-state index in [9.17, 15) is 9.59 Å². The molecule has 188 valence electrons. The summed E-state index contributed by atoms with van der Waals surface area (Å²) >= 11 is 6.44. The number of carbonyl (C=O) groups is 2. The molecule has 0 spiro atoms. The molecule has 1 aliphatic carbocycles. The van der Waals surface area contributed by atoms with Gasteiger partial charge >= 0.3 is 0 Å². The number of hydrogen-bond acceptors (Lipinski definition) is 4. The van der Waals surface area contributed by atoms with Crippen molar-refractivity contribution < 1.29 is 19.1 Å². The molecule has 1 saturated carbocycles. The maximum Gasteiger partial charge on any atom is 0.250 e. The summed E-state index contributed by atoms with van der Waals surface area (Å²) in [5, 5.41) is 0.582. The summed E-state index contributed by atoms with van der Waals surface area (Å²) in [4.78, 5) is 31.1. The van der Waals surface area contributed by atoms with Crippen molar-refractivity contribution >= 4 is 23.4 Å². The summed E-state index contributed by atoms with van der Waals surface area (Å²) in [5.41, 5.74) is 1.53. The van der Waals surface area contributed by atoms with Gasteiger partial charge < -0.3 is 19.3 Å². The van der Waals surface area contributed by atoms with E-state index in [0.717, 1.165) is 43.2 Å². The number of ether oxygens (including phenoxy) is 2. The van der Waals surface area contributed by atoms with Gasteiger partial charge in [-0.15, -0.1) is 0 Å². The van der Waals surface area contributed by atoms with E-state index in [2.05, 4.69) is 0 Å². The quantitative estimate of drug-likeness (QED) is 0.433. The maximum atomic E-state index is 14.1. The van der Waals surface area contributed by atoms with Crippen LogP contribution >= 0.6 is 11.6 Å². The topological polar surface area (TPSA) is 59.1 Å². The molecule has 2 aliphatic rings. The summed E-state index contributed by atoms with van der Waals surface area (Å²) in [6.45, 7) is 3.00. The van der Waals surface area contributed by atoms with Gasteiger partial charge in [0.05, 0.1) is 13.7 Å². The van der Waals surface area contributed by atoms with E-state index in [4.69, 9.17) is 21.1 Å². The van der Waals surface area contributed by atoms with Crippen LogP contribution < -0.4 is 9.47 Å². The molecule has 0 radical (unpaired) electrons. The average Bonchev–Trinajstić information content (AvgIpc) is 3.15. The minimum Gasteiger partial charge on any atom is -0.493 e. The second kappa shape index (κ2) is 11.8. The Morgan fingerprint density at radius 1 is 1.00 bits per heavy atom. The Kier molecular flexibility index (Phi) is 8.55. The summed E-state index contributed by atoms with van der Waals surface area (Å²) in [5.74, 6) is 1.09. The van der Waals surface area contributed by atoms with E-state index in [1.165, 1.54) is 12.8 Å². The van der Waals surface area contributed by atoms with Crippen molar-refractivity contribution in [1.82, 2.24) is 9.80 Å². The van der Waals surface area contributed by atoms with Crippen LogP contribution in [0.15, 0.2) is 42.5 Å². The summed E-state index contributed by atoms with van der Waals surface area (Å²) < 4.78 is 11.4. The smallest absolute Gasteiger partial charge is 0.250 e. The van der Waals surface area contributed by atoms with Gasteiger partial charge in [0.2, 0.25) is 5.91 Å².